The van der Waals surface area contributed by atoms with Crippen LogP contribution < -0.4 is 11.3 Å². The first-order valence-corrected chi connectivity index (χ1v) is 6.26. The summed E-state index contributed by atoms with van der Waals surface area (Å²) in [6, 6.07) is -0.378. The average Bonchev–Trinajstić information content (AvgIpc) is 2.26. The predicted octanol–water partition coefficient (Wildman–Crippen LogP) is -1.94. The van der Waals surface area contributed by atoms with E-state index < -0.39 is 10.8 Å². The van der Waals surface area contributed by atoms with Crippen molar-refractivity contribution in [1.29, 1.82) is 0 Å². The summed E-state index contributed by atoms with van der Waals surface area (Å²) in [6.45, 7) is 1.60. The summed E-state index contributed by atoms with van der Waals surface area (Å²) in [7, 11) is 0.799. The first-order chi connectivity index (χ1) is 7.19. The lowest BCUT2D eigenvalue weighted by atomic mass is 10.2. The Balaban J connectivity index is 2.55. The van der Waals surface area contributed by atoms with Gasteiger partial charge in [-0.25, -0.2) is 5.84 Å². The zero-order valence-corrected chi connectivity index (χ0v) is 9.59. The van der Waals surface area contributed by atoms with Gasteiger partial charge in [0.1, 0.15) is 6.04 Å². The van der Waals surface area contributed by atoms with E-state index in [-0.39, 0.29) is 11.9 Å². The Labute approximate surface area is 91.6 Å². The fraction of sp³-hybridized carbons (Fsp3) is 0.875. The number of carbonyl (C=O) groups is 1. The lowest BCUT2D eigenvalue weighted by Crippen LogP contribution is -2.54. The largest absolute Gasteiger partial charge is 0.383 e. The van der Waals surface area contributed by atoms with Crippen molar-refractivity contribution < 1.29 is 13.7 Å². The lowest BCUT2D eigenvalue weighted by Gasteiger charge is -2.32. The van der Waals surface area contributed by atoms with Crippen LogP contribution >= 0.6 is 0 Å². The van der Waals surface area contributed by atoms with Crippen LogP contribution in [0.1, 0.15) is 0 Å². The van der Waals surface area contributed by atoms with Gasteiger partial charge >= 0.3 is 0 Å². The van der Waals surface area contributed by atoms with Crippen LogP contribution in [0, 0.1) is 0 Å². The molecule has 0 radical (unpaired) electrons. The number of hydrogen-bond acceptors (Lipinski definition) is 5. The van der Waals surface area contributed by atoms with Crippen molar-refractivity contribution in [3.05, 3.63) is 0 Å². The number of ether oxygens (including phenoxy) is 1. The highest BCUT2D eigenvalue weighted by atomic mass is 32.2. The molecule has 1 unspecified atom stereocenters. The normalized spacial score (nSPS) is 21.2. The summed E-state index contributed by atoms with van der Waals surface area (Å²) >= 11 is 0. The third-order valence-electron chi connectivity index (χ3n) is 2.42. The number of nitrogens with two attached hydrogens (primary N) is 1. The van der Waals surface area contributed by atoms with E-state index >= 15 is 0 Å². The molecule has 1 atom stereocenters. The van der Waals surface area contributed by atoms with Crippen LogP contribution in [0.25, 0.3) is 0 Å². The van der Waals surface area contributed by atoms with E-state index in [0.717, 1.165) is 0 Å². The number of methoxy groups -OCH3 is 1. The minimum Gasteiger partial charge on any atom is -0.383 e. The van der Waals surface area contributed by atoms with Crippen molar-refractivity contribution in [1.82, 2.24) is 10.3 Å². The Kier molecular flexibility index (Phi) is 5.16. The monoisotopic (exact) mass is 235 g/mol. The van der Waals surface area contributed by atoms with E-state index in [9.17, 15) is 9.00 Å². The van der Waals surface area contributed by atoms with Crippen LogP contribution in [-0.4, -0.2) is 59.4 Å². The van der Waals surface area contributed by atoms with Crippen molar-refractivity contribution in [3.63, 3.8) is 0 Å². The van der Waals surface area contributed by atoms with Gasteiger partial charge in [0.15, 0.2) is 0 Å². The first-order valence-electron chi connectivity index (χ1n) is 4.77. The molecule has 1 saturated heterocycles. The van der Waals surface area contributed by atoms with E-state index in [1.807, 2.05) is 4.90 Å². The van der Waals surface area contributed by atoms with E-state index in [2.05, 4.69) is 5.43 Å². The van der Waals surface area contributed by atoms with Gasteiger partial charge in [-0.2, -0.15) is 0 Å². The molecule has 1 heterocycles. The minimum absolute atomic E-state index is 0.260. The fourth-order valence-corrected chi connectivity index (χ4v) is 2.65. The summed E-state index contributed by atoms with van der Waals surface area (Å²) < 4.78 is 16.1. The van der Waals surface area contributed by atoms with E-state index in [0.29, 0.717) is 31.2 Å². The Morgan fingerprint density at radius 1 is 1.60 bits per heavy atom. The molecule has 7 heteroatoms. The lowest BCUT2D eigenvalue weighted by molar-refractivity contribution is -0.128. The quantitative estimate of drug-likeness (QED) is 0.336. The van der Waals surface area contributed by atoms with Crippen LogP contribution in [0.5, 0.6) is 0 Å². The smallest absolute Gasteiger partial charge is 0.253 e. The van der Waals surface area contributed by atoms with Gasteiger partial charge in [0.25, 0.3) is 5.91 Å². The van der Waals surface area contributed by atoms with Gasteiger partial charge in [0.2, 0.25) is 0 Å². The SMILES string of the molecule is COCC(C(=O)NN)N1CCS(=O)CC1. The standard InChI is InChI=1S/C8H17N3O3S/c1-14-6-7(8(12)10-9)11-2-4-15(13)5-3-11/h7H,2-6,9H2,1H3,(H,10,12). The number of amides is 1. The van der Waals surface area contributed by atoms with E-state index in [1.54, 1.807) is 7.11 Å². The van der Waals surface area contributed by atoms with Crippen LogP contribution in [-0.2, 0) is 20.3 Å². The number of nitrogens with one attached hydrogen (secondary N) is 1. The summed E-state index contributed by atoms with van der Waals surface area (Å²) in [4.78, 5) is 13.4. The summed E-state index contributed by atoms with van der Waals surface area (Å²) in [5.74, 6) is 6.05. The van der Waals surface area contributed by atoms with Crippen molar-refractivity contribution in [2.45, 2.75) is 6.04 Å². The molecule has 0 aliphatic carbocycles. The first kappa shape index (κ1) is 12.6. The van der Waals surface area contributed by atoms with Crippen molar-refractivity contribution in [2.75, 3.05) is 38.3 Å². The molecule has 1 aliphatic rings. The Morgan fingerprint density at radius 3 is 2.67 bits per heavy atom. The second kappa shape index (κ2) is 6.16. The molecule has 0 aromatic carbocycles. The predicted molar refractivity (Wildman–Crippen MR) is 57.4 cm³/mol. The molecule has 0 aromatic rings. The Hall–Kier alpha value is -0.500. The fourth-order valence-electron chi connectivity index (χ4n) is 1.56. The number of hydrazine groups is 1. The van der Waals surface area contributed by atoms with Gasteiger partial charge in [0, 0.05) is 42.5 Å². The minimum atomic E-state index is -0.742. The third-order valence-corrected chi connectivity index (χ3v) is 3.70. The molecule has 3 N–H and O–H groups in total. The summed E-state index contributed by atoms with van der Waals surface area (Å²) in [5, 5.41) is 0. The second-order valence-corrected chi connectivity index (χ2v) is 5.06. The maximum atomic E-state index is 11.4. The molecule has 1 aliphatic heterocycles. The number of carbonyl (C=O) groups excluding carboxylic acids is 1. The molecular weight excluding hydrogens is 218 g/mol. The Bertz CT molecular complexity index is 239. The Morgan fingerprint density at radius 2 is 2.20 bits per heavy atom. The summed E-state index contributed by atoms with van der Waals surface area (Å²) in [5.41, 5.74) is 2.12. The van der Waals surface area contributed by atoms with Gasteiger partial charge in [-0.15, -0.1) is 0 Å². The molecule has 15 heavy (non-hydrogen) atoms. The number of rotatable bonds is 4. The van der Waals surface area contributed by atoms with E-state index in [1.165, 1.54) is 0 Å². The van der Waals surface area contributed by atoms with Crippen molar-refractivity contribution in [3.8, 4) is 0 Å². The highest BCUT2D eigenvalue weighted by molar-refractivity contribution is 7.85. The van der Waals surface area contributed by atoms with Gasteiger partial charge < -0.3 is 4.74 Å². The van der Waals surface area contributed by atoms with Crippen LogP contribution in [0.4, 0.5) is 0 Å². The topological polar surface area (TPSA) is 84.7 Å². The average molecular weight is 235 g/mol. The third kappa shape index (κ3) is 3.53. The zero-order chi connectivity index (χ0) is 11.3. The van der Waals surface area contributed by atoms with Crippen molar-refractivity contribution >= 4 is 16.7 Å². The molecule has 1 fully saturated rings. The molecule has 0 saturated carbocycles. The molecule has 88 valence electrons. The van der Waals surface area contributed by atoms with Crippen LogP contribution in [0.2, 0.25) is 0 Å². The van der Waals surface area contributed by atoms with Gasteiger partial charge in [-0.1, -0.05) is 0 Å². The highest BCUT2D eigenvalue weighted by Crippen LogP contribution is 2.06. The second-order valence-electron chi connectivity index (χ2n) is 3.36. The molecule has 6 nitrogen and oxygen atoms in total. The van der Waals surface area contributed by atoms with Crippen LogP contribution in [0.3, 0.4) is 0 Å². The molecule has 0 spiro atoms. The molecular formula is C8H17N3O3S. The van der Waals surface area contributed by atoms with Crippen molar-refractivity contribution in [2.24, 2.45) is 5.84 Å². The maximum Gasteiger partial charge on any atom is 0.253 e. The van der Waals surface area contributed by atoms with Crippen LogP contribution in [0.15, 0.2) is 0 Å². The molecule has 0 aromatic heterocycles. The number of nitrogens with zero attached hydrogens (tertiary/aromatic N) is 1. The maximum absolute atomic E-state index is 11.4. The number of hydrogen-bond donors (Lipinski definition) is 2. The molecule has 1 rings (SSSR count). The molecule has 0 bridgehead atoms. The van der Waals surface area contributed by atoms with Gasteiger partial charge in [-0.3, -0.25) is 19.3 Å². The zero-order valence-electron chi connectivity index (χ0n) is 8.77. The summed E-state index contributed by atoms with van der Waals surface area (Å²) in [6.07, 6.45) is 0. The molecule has 1 amide bonds. The highest BCUT2D eigenvalue weighted by Gasteiger charge is 2.28. The van der Waals surface area contributed by atoms with E-state index in [4.69, 9.17) is 10.6 Å². The van der Waals surface area contributed by atoms with Gasteiger partial charge in [0.05, 0.1) is 6.61 Å². The van der Waals surface area contributed by atoms with Gasteiger partial charge in [-0.05, 0) is 0 Å².